The van der Waals surface area contributed by atoms with Gasteiger partial charge in [-0.1, -0.05) is 48.5 Å². The summed E-state index contributed by atoms with van der Waals surface area (Å²) in [5, 5.41) is 13.6. The van der Waals surface area contributed by atoms with E-state index in [1.165, 1.54) is 18.2 Å². The molecule has 0 bridgehead atoms. The predicted molar refractivity (Wildman–Crippen MR) is 121 cm³/mol. The van der Waals surface area contributed by atoms with E-state index in [4.69, 9.17) is 9.47 Å². The van der Waals surface area contributed by atoms with Crippen molar-refractivity contribution >= 4 is 39.2 Å². The van der Waals surface area contributed by atoms with Crippen molar-refractivity contribution in [3.8, 4) is 5.75 Å². The second-order valence-corrected chi connectivity index (χ2v) is 7.46. The molecular formula is C23H19BrN2O6. The standard InChI is InChI=1S/C23H19BrN2O6/c24-19-15-17(26(29)30)11-12-20(19)25-23(28)22(16-7-3-1-4-8-16)32-21(27)13-14-31-18-9-5-2-6-10-18/h1-12,15,22H,13-14H2,(H,25,28). The number of carbonyl (C=O) groups is 2. The van der Waals surface area contributed by atoms with E-state index in [0.29, 0.717) is 21.5 Å². The molecule has 164 valence electrons. The first-order valence-electron chi connectivity index (χ1n) is 9.61. The number of para-hydroxylation sites is 1. The van der Waals surface area contributed by atoms with Crippen molar-refractivity contribution in [2.24, 2.45) is 0 Å². The topological polar surface area (TPSA) is 108 Å². The molecule has 0 aliphatic rings. The van der Waals surface area contributed by atoms with Gasteiger partial charge in [-0.25, -0.2) is 0 Å². The molecule has 0 saturated heterocycles. The minimum Gasteiger partial charge on any atom is -0.493 e. The number of benzene rings is 3. The summed E-state index contributed by atoms with van der Waals surface area (Å²) in [7, 11) is 0. The van der Waals surface area contributed by atoms with E-state index < -0.39 is 22.9 Å². The number of esters is 1. The van der Waals surface area contributed by atoms with E-state index in [2.05, 4.69) is 21.2 Å². The zero-order valence-electron chi connectivity index (χ0n) is 16.8. The van der Waals surface area contributed by atoms with Crippen LogP contribution in [0.15, 0.2) is 83.3 Å². The summed E-state index contributed by atoms with van der Waals surface area (Å²) in [5.74, 6) is -0.573. The lowest BCUT2D eigenvalue weighted by Gasteiger charge is -2.18. The van der Waals surface area contributed by atoms with Gasteiger partial charge < -0.3 is 14.8 Å². The van der Waals surface area contributed by atoms with Gasteiger partial charge in [0.05, 0.1) is 23.6 Å². The van der Waals surface area contributed by atoms with Gasteiger partial charge in [0.15, 0.2) is 0 Å². The Hall–Kier alpha value is -3.72. The maximum absolute atomic E-state index is 12.9. The van der Waals surface area contributed by atoms with Crippen molar-refractivity contribution in [1.82, 2.24) is 0 Å². The van der Waals surface area contributed by atoms with Gasteiger partial charge in [0, 0.05) is 22.2 Å². The average molecular weight is 499 g/mol. The molecule has 0 spiro atoms. The van der Waals surface area contributed by atoms with E-state index in [1.807, 2.05) is 18.2 Å². The Morgan fingerprint density at radius 1 is 1.00 bits per heavy atom. The van der Waals surface area contributed by atoms with Gasteiger partial charge in [-0.15, -0.1) is 0 Å². The van der Waals surface area contributed by atoms with Crippen LogP contribution in [0.5, 0.6) is 5.75 Å². The van der Waals surface area contributed by atoms with Gasteiger partial charge in [0.25, 0.3) is 11.6 Å². The molecule has 3 rings (SSSR count). The van der Waals surface area contributed by atoms with Gasteiger partial charge in [0.1, 0.15) is 5.75 Å². The molecule has 0 aliphatic heterocycles. The van der Waals surface area contributed by atoms with Crippen LogP contribution in [-0.2, 0) is 14.3 Å². The van der Waals surface area contributed by atoms with Gasteiger partial charge >= 0.3 is 5.97 Å². The molecule has 9 heteroatoms. The highest BCUT2D eigenvalue weighted by Crippen LogP contribution is 2.29. The van der Waals surface area contributed by atoms with Crippen molar-refractivity contribution in [3.05, 3.63) is 99.0 Å². The van der Waals surface area contributed by atoms with Crippen LogP contribution >= 0.6 is 15.9 Å². The van der Waals surface area contributed by atoms with Crippen LogP contribution in [0.25, 0.3) is 0 Å². The third-order valence-electron chi connectivity index (χ3n) is 4.33. The maximum Gasteiger partial charge on any atom is 0.310 e. The van der Waals surface area contributed by atoms with Crippen molar-refractivity contribution in [2.75, 3.05) is 11.9 Å². The lowest BCUT2D eigenvalue weighted by Crippen LogP contribution is -2.26. The molecular weight excluding hydrogens is 480 g/mol. The van der Waals surface area contributed by atoms with Crippen LogP contribution in [-0.4, -0.2) is 23.4 Å². The zero-order chi connectivity index (χ0) is 22.9. The molecule has 1 amide bonds. The number of nitro benzene ring substituents is 1. The van der Waals surface area contributed by atoms with Crippen LogP contribution in [0, 0.1) is 10.1 Å². The van der Waals surface area contributed by atoms with Gasteiger partial charge in [0.2, 0.25) is 6.10 Å². The Morgan fingerprint density at radius 3 is 2.28 bits per heavy atom. The van der Waals surface area contributed by atoms with Crippen LogP contribution in [0.4, 0.5) is 11.4 Å². The van der Waals surface area contributed by atoms with Crippen LogP contribution in [0.1, 0.15) is 18.1 Å². The minimum absolute atomic E-state index is 0.0489. The smallest absolute Gasteiger partial charge is 0.310 e. The van der Waals surface area contributed by atoms with Crippen molar-refractivity contribution in [1.29, 1.82) is 0 Å². The molecule has 32 heavy (non-hydrogen) atoms. The van der Waals surface area contributed by atoms with E-state index in [0.717, 1.165) is 0 Å². The zero-order valence-corrected chi connectivity index (χ0v) is 18.4. The lowest BCUT2D eigenvalue weighted by atomic mass is 10.1. The number of nitrogens with zero attached hydrogens (tertiary/aromatic N) is 1. The van der Waals surface area contributed by atoms with E-state index >= 15 is 0 Å². The highest BCUT2D eigenvalue weighted by atomic mass is 79.9. The van der Waals surface area contributed by atoms with Crippen LogP contribution in [0.2, 0.25) is 0 Å². The third kappa shape index (κ3) is 6.39. The normalized spacial score (nSPS) is 11.3. The maximum atomic E-state index is 12.9. The number of hydrogen-bond acceptors (Lipinski definition) is 6. The average Bonchev–Trinajstić information content (AvgIpc) is 2.80. The summed E-state index contributed by atoms with van der Waals surface area (Å²) < 4.78 is 11.3. The molecule has 8 nitrogen and oxygen atoms in total. The van der Waals surface area contributed by atoms with Gasteiger partial charge in [-0.05, 0) is 34.1 Å². The Bertz CT molecular complexity index is 1090. The van der Waals surface area contributed by atoms with Gasteiger partial charge in [-0.3, -0.25) is 19.7 Å². The second-order valence-electron chi connectivity index (χ2n) is 6.60. The summed E-state index contributed by atoms with van der Waals surface area (Å²) in [6.07, 6.45) is -1.25. The first kappa shape index (κ1) is 23.0. The fraction of sp³-hybridized carbons (Fsp3) is 0.130. The third-order valence-corrected chi connectivity index (χ3v) is 4.99. The molecule has 1 N–H and O–H groups in total. The number of rotatable bonds is 9. The first-order chi connectivity index (χ1) is 15.4. The number of halogens is 1. The molecule has 0 radical (unpaired) electrons. The number of ether oxygens (including phenoxy) is 2. The number of hydrogen-bond donors (Lipinski definition) is 1. The SMILES string of the molecule is O=C(CCOc1ccccc1)OC(C(=O)Nc1ccc([N+](=O)[O-])cc1Br)c1ccccc1. The summed E-state index contributed by atoms with van der Waals surface area (Å²) >= 11 is 3.21. The Balaban J connectivity index is 1.68. The van der Waals surface area contributed by atoms with E-state index in [1.54, 1.807) is 42.5 Å². The minimum atomic E-state index is -1.21. The molecule has 0 saturated carbocycles. The number of carbonyl (C=O) groups excluding carboxylic acids is 2. The van der Waals surface area contributed by atoms with E-state index in [9.17, 15) is 19.7 Å². The van der Waals surface area contributed by atoms with Crippen molar-refractivity contribution in [2.45, 2.75) is 12.5 Å². The second kappa shape index (κ2) is 11.1. The fourth-order valence-electron chi connectivity index (χ4n) is 2.78. The predicted octanol–water partition coefficient (Wildman–Crippen LogP) is 5.05. The Kier molecular flexibility index (Phi) is 7.93. The number of anilines is 1. The summed E-state index contributed by atoms with van der Waals surface area (Å²) in [5.41, 5.74) is 0.671. The quantitative estimate of drug-likeness (QED) is 0.251. The molecule has 0 fully saturated rings. The largest absolute Gasteiger partial charge is 0.493 e. The molecule has 0 aromatic heterocycles. The molecule has 3 aromatic carbocycles. The van der Waals surface area contributed by atoms with Crippen molar-refractivity contribution in [3.63, 3.8) is 0 Å². The van der Waals surface area contributed by atoms with Crippen LogP contribution < -0.4 is 10.1 Å². The summed E-state index contributed by atoms with van der Waals surface area (Å²) in [4.78, 5) is 35.7. The van der Waals surface area contributed by atoms with Crippen molar-refractivity contribution < 1.29 is 24.0 Å². The summed E-state index contributed by atoms with van der Waals surface area (Å²) in [6, 6.07) is 21.6. The lowest BCUT2D eigenvalue weighted by molar-refractivity contribution is -0.384. The molecule has 0 aliphatic carbocycles. The highest BCUT2D eigenvalue weighted by Gasteiger charge is 2.26. The van der Waals surface area contributed by atoms with E-state index in [-0.39, 0.29) is 18.7 Å². The fourth-order valence-corrected chi connectivity index (χ4v) is 3.24. The Labute approximate surface area is 192 Å². The van der Waals surface area contributed by atoms with Gasteiger partial charge in [-0.2, -0.15) is 0 Å². The molecule has 0 heterocycles. The number of nitro groups is 1. The number of amides is 1. The Morgan fingerprint density at radius 2 is 1.66 bits per heavy atom. The molecule has 3 aromatic rings. The monoisotopic (exact) mass is 498 g/mol. The van der Waals surface area contributed by atoms with Crippen LogP contribution in [0.3, 0.4) is 0 Å². The molecule has 1 atom stereocenters. The number of nitrogens with one attached hydrogen (secondary N) is 1. The first-order valence-corrected chi connectivity index (χ1v) is 10.4. The summed E-state index contributed by atoms with van der Waals surface area (Å²) in [6.45, 7) is 0.0971. The number of non-ortho nitro benzene ring substituents is 1. The molecule has 1 unspecified atom stereocenters. The highest BCUT2D eigenvalue weighted by molar-refractivity contribution is 9.10.